The van der Waals surface area contributed by atoms with Crippen LogP contribution in [0.25, 0.3) is 17.2 Å². The number of nitriles is 1. The van der Waals surface area contributed by atoms with E-state index in [1.165, 1.54) is 18.9 Å². The summed E-state index contributed by atoms with van der Waals surface area (Å²) in [4.78, 5) is 25.0. The van der Waals surface area contributed by atoms with E-state index in [1.54, 1.807) is 43.3 Å². The number of carbonyl (C=O) groups is 2. The Morgan fingerprint density at radius 2 is 1.26 bits per heavy atom. The van der Waals surface area contributed by atoms with E-state index in [1.807, 2.05) is 42.5 Å². The van der Waals surface area contributed by atoms with Crippen LogP contribution in [0.4, 0.5) is 0 Å². The highest BCUT2D eigenvalue weighted by Gasteiger charge is 2.16. The summed E-state index contributed by atoms with van der Waals surface area (Å²) in [5.74, 6) is 0.341. The van der Waals surface area contributed by atoms with Gasteiger partial charge in [-0.15, -0.1) is 0 Å². The van der Waals surface area contributed by atoms with Gasteiger partial charge in [0.05, 0.1) is 6.61 Å². The van der Waals surface area contributed by atoms with Crippen molar-refractivity contribution in [2.45, 2.75) is 71.8 Å². The van der Waals surface area contributed by atoms with E-state index in [0.29, 0.717) is 30.3 Å². The lowest BCUT2D eigenvalue weighted by atomic mass is 10.1. The fourth-order valence-corrected chi connectivity index (χ4v) is 4.15. The van der Waals surface area contributed by atoms with Crippen molar-refractivity contribution in [2.24, 2.45) is 0 Å². The van der Waals surface area contributed by atoms with Crippen LogP contribution in [0.1, 0.15) is 71.3 Å². The summed E-state index contributed by atoms with van der Waals surface area (Å²) in [6.07, 6.45) is 8.48. The number of benzene rings is 3. The highest BCUT2D eigenvalue weighted by Crippen LogP contribution is 2.25. The van der Waals surface area contributed by atoms with Gasteiger partial charge in [-0.25, -0.2) is 9.59 Å². The zero-order valence-electron chi connectivity index (χ0n) is 25.3. The summed E-state index contributed by atoms with van der Waals surface area (Å²) >= 11 is 0. The van der Waals surface area contributed by atoms with Crippen molar-refractivity contribution >= 4 is 18.0 Å². The van der Waals surface area contributed by atoms with Gasteiger partial charge in [0.1, 0.15) is 28.9 Å². The van der Waals surface area contributed by atoms with Crippen molar-refractivity contribution in [2.75, 3.05) is 13.2 Å². The Morgan fingerprint density at radius 1 is 0.721 bits per heavy atom. The molecule has 0 heterocycles. The van der Waals surface area contributed by atoms with Gasteiger partial charge in [0.15, 0.2) is 6.10 Å². The second kappa shape index (κ2) is 18.2. The fraction of sp³-hybridized carbons (Fsp3) is 0.361. The second-order valence-electron chi connectivity index (χ2n) is 10.2. The summed E-state index contributed by atoms with van der Waals surface area (Å²) in [5, 5.41) is 9.55. The molecule has 0 N–H and O–H groups in total. The molecule has 0 fully saturated rings. The lowest BCUT2D eigenvalue weighted by molar-refractivity contribution is -0.146. The molecule has 7 nitrogen and oxygen atoms in total. The molecule has 0 aliphatic heterocycles. The summed E-state index contributed by atoms with van der Waals surface area (Å²) in [5.41, 5.74) is 2.37. The third-order valence-corrected chi connectivity index (χ3v) is 6.72. The maximum Gasteiger partial charge on any atom is 0.354 e. The molecule has 0 radical (unpaired) electrons. The van der Waals surface area contributed by atoms with Gasteiger partial charge in [0.2, 0.25) is 0 Å². The average molecular weight is 584 g/mol. The van der Waals surface area contributed by atoms with Gasteiger partial charge >= 0.3 is 11.9 Å². The molecular weight excluding hydrogens is 542 g/mol. The molecule has 3 aromatic rings. The first-order valence-electron chi connectivity index (χ1n) is 15.0. The van der Waals surface area contributed by atoms with Crippen LogP contribution in [0, 0.1) is 11.3 Å². The predicted molar refractivity (Wildman–Crippen MR) is 168 cm³/mol. The van der Waals surface area contributed by atoms with Gasteiger partial charge in [-0.2, -0.15) is 5.26 Å². The van der Waals surface area contributed by atoms with Crippen LogP contribution >= 0.6 is 0 Å². The van der Waals surface area contributed by atoms with Gasteiger partial charge in [0.25, 0.3) is 0 Å². The molecule has 0 bridgehead atoms. The number of hydrogen-bond donors (Lipinski definition) is 0. The smallest absolute Gasteiger partial charge is 0.354 e. The lowest BCUT2D eigenvalue weighted by Gasteiger charge is -2.12. The molecule has 0 aliphatic rings. The molecule has 7 heteroatoms. The van der Waals surface area contributed by atoms with E-state index in [2.05, 4.69) is 13.8 Å². The number of esters is 2. The SMILES string of the molecule is CCCCCCOc1ccc(/C=C(\C#N)C(=O)Oc2ccc(-c3ccc(OC(=O)C(C)OCCCCC)cc3)cc2)cc1. The van der Waals surface area contributed by atoms with E-state index >= 15 is 0 Å². The highest BCUT2D eigenvalue weighted by atomic mass is 16.6. The number of nitrogens with zero attached hydrogens (tertiary/aromatic N) is 1. The largest absolute Gasteiger partial charge is 0.494 e. The van der Waals surface area contributed by atoms with Crippen molar-refractivity contribution in [1.82, 2.24) is 0 Å². The number of rotatable bonds is 17. The standard InChI is InChI=1S/C36H41NO6/c1-4-6-8-10-24-41-32-17-11-28(12-18-32)25-31(26-37)36(39)43-34-21-15-30(16-22-34)29-13-19-33(20-14-29)42-35(38)27(3)40-23-9-7-5-2/h11-22,25,27H,4-10,23-24H2,1-3H3/b31-25+. The van der Waals surface area contributed by atoms with Gasteiger partial charge in [-0.1, -0.05) is 82.3 Å². The van der Waals surface area contributed by atoms with Crippen LogP contribution in [0.15, 0.2) is 78.4 Å². The van der Waals surface area contributed by atoms with Crippen LogP contribution in [0.3, 0.4) is 0 Å². The van der Waals surface area contributed by atoms with E-state index in [9.17, 15) is 14.9 Å². The lowest BCUT2D eigenvalue weighted by Crippen LogP contribution is -2.26. The van der Waals surface area contributed by atoms with Crippen LogP contribution in [0.2, 0.25) is 0 Å². The maximum absolute atomic E-state index is 12.7. The zero-order chi connectivity index (χ0) is 30.9. The minimum Gasteiger partial charge on any atom is -0.494 e. The molecule has 0 amide bonds. The zero-order valence-corrected chi connectivity index (χ0v) is 25.3. The molecule has 3 rings (SSSR count). The number of unbranched alkanes of at least 4 members (excludes halogenated alkanes) is 5. The predicted octanol–water partition coefficient (Wildman–Crippen LogP) is 8.33. The van der Waals surface area contributed by atoms with Gasteiger partial charge < -0.3 is 18.9 Å². The fourth-order valence-electron chi connectivity index (χ4n) is 4.15. The van der Waals surface area contributed by atoms with Crippen molar-refractivity contribution in [1.29, 1.82) is 5.26 Å². The molecular formula is C36H41NO6. The monoisotopic (exact) mass is 583 g/mol. The van der Waals surface area contributed by atoms with Crippen LogP contribution < -0.4 is 14.2 Å². The first kappa shape index (κ1) is 33.1. The van der Waals surface area contributed by atoms with E-state index in [0.717, 1.165) is 49.0 Å². The minimum atomic E-state index is -0.735. The molecule has 0 saturated heterocycles. The minimum absolute atomic E-state index is 0.108. The van der Waals surface area contributed by atoms with Crippen molar-refractivity contribution in [3.63, 3.8) is 0 Å². The van der Waals surface area contributed by atoms with Crippen LogP contribution in [-0.4, -0.2) is 31.3 Å². The summed E-state index contributed by atoms with van der Waals surface area (Å²) in [6.45, 7) is 7.18. The Bertz CT molecular complexity index is 1350. The molecule has 0 aliphatic carbocycles. The maximum atomic E-state index is 12.7. The number of ether oxygens (including phenoxy) is 4. The Labute approximate surface area is 255 Å². The third kappa shape index (κ3) is 11.4. The van der Waals surface area contributed by atoms with Crippen molar-refractivity contribution < 1.29 is 28.5 Å². The molecule has 0 saturated carbocycles. The highest BCUT2D eigenvalue weighted by molar-refractivity contribution is 5.99. The molecule has 0 aromatic heterocycles. The van der Waals surface area contributed by atoms with E-state index in [4.69, 9.17) is 18.9 Å². The van der Waals surface area contributed by atoms with Crippen molar-refractivity contribution in [3.8, 4) is 34.4 Å². The Kier molecular flexibility index (Phi) is 14.0. The van der Waals surface area contributed by atoms with Gasteiger partial charge in [0, 0.05) is 6.61 Å². The third-order valence-electron chi connectivity index (χ3n) is 6.72. The quantitative estimate of drug-likeness (QED) is 0.0518. The number of hydrogen-bond acceptors (Lipinski definition) is 7. The average Bonchev–Trinajstić information content (AvgIpc) is 3.03. The van der Waals surface area contributed by atoms with E-state index < -0.39 is 18.0 Å². The Morgan fingerprint density at radius 3 is 1.84 bits per heavy atom. The Balaban J connectivity index is 1.52. The summed E-state index contributed by atoms with van der Waals surface area (Å²) in [7, 11) is 0. The molecule has 43 heavy (non-hydrogen) atoms. The summed E-state index contributed by atoms with van der Waals surface area (Å²) < 4.78 is 22.2. The first-order valence-corrected chi connectivity index (χ1v) is 15.0. The second-order valence-corrected chi connectivity index (χ2v) is 10.2. The topological polar surface area (TPSA) is 94.9 Å². The van der Waals surface area contributed by atoms with Gasteiger partial charge in [-0.3, -0.25) is 0 Å². The van der Waals surface area contributed by atoms with Gasteiger partial charge in [-0.05, 0) is 78.9 Å². The molecule has 1 atom stereocenters. The summed E-state index contributed by atoms with van der Waals surface area (Å²) in [6, 6.07) is 23.3. The van der Waals surface area contributed by atoms with Crippen LogP contribution in [0.5, 0.6) is 17.2 Å². The molecule has 3 aromatic carbocycles. The first-order chi connectivity index (χ1) is 20.9. The van der Waals surface area contributed by atoms with Crippen LogP contribution in [-0.2, 0) is 14.3 Å². The molecule has 1 unspecified atom stereocenters. The Hall–Kier alpha value is -4.41. The normalized spacial score (nSPS) is 11.8. The molecule has 226 valence electrons. The molecule has 0 spiro atoms. The van der Waals surface area contributed by atoms with E-state index in [-0.39, 0.29) is 5.57 Å². The van der Waals surface area contributed by atoms with Crippen molar-refractivity contribution in [3.05, 3.63) is 83.9 Å². The number of carbonyl (C=O) groups excluding carboxylic acids is 2.